The fraction of sp³-hybridized carbons (Fsp3) is 0.588. The highest BCUT2D eigenvalue weighted by Crippen LogP contribution is 2.18. The summed E-state index contributed by atoms with van der Waals surface area (Å²) in [6.07, 6.45) is 8.34. The molecule has 0 aromatic carbocycles. The summed E-state index contributed by atoms with van der Waals surface area (Å²) in [5, 5.41) is 3.43. The molecule has 1 unspecified atom stereocenters. The largest absolute Gasteiger partial charge is 0.469 e. The zero-order valence-corrected chi connectivity index (χ0v) is 13.4. The van der Waals surface area contributed by atoms with Gasteiger partial charge < -0.3 is 14.6 Å². The first-order chi connectivity index (χ1) is 10.9. The van der Waals surface area contributed by atoms with Crippen LogP contribution in [0.4, 0.5) is 0 Å². The Labute approximate surface area is 132 Å². The molecule has 1 saturated heterocycles. The van der Waals surface area contributed by atoms with Crippen LogP contribution in [-0.4, -0.2) is 61.1 Å². The highest BCUT2D eigenvalue weighted by atomic mass is 16.3. The van der Waals surface area contributed by atoms with Crippen LogP contribution in [0.3, 0.4) is 0 Å². The number of hydrogen-bond donors (Lipinski definition) is 1. The maximum atomic E-state index is 5.37. The fourth-order valence-corrected chi connectivity index (χ4v) is 3.18. The van der Waals surface area contributed by atoms with Crippen LogP contribution in [0, 0.1) is 0 Å². The third kappa shape index (κ3) is 3.71. The normalized spacial score (nSPS) is 22.7. The van der Waals surface area contributed by atoms with Crippen molar-refractivity contribution >= 4 is 5.96 Å². The van der Waals surface area contributed by atoms with Crippen LogP contribution >= 0.6 is 0 Å². The van der Waals surface area contributed by atoms with Gasteiger partial charge in [-0.2, -0.15) is 0 Å². The molecule has 2 aliphatic rings. The maximum Gasteiger partial charge on any atom is 0.193 e. The molecule has 1 atom stereocenters. The van der Waals surface area contributed by atoms with Gasteiger partial charge in [0, 0.05) is 51.7 Å². The molecule has 0 saturated carbocycles. The predicted molar refractivity (Wildman–Crippen MR) is 89.1 cm³/mol. The van der Waals surface area contributed by atoms with Crippen molar-refractivity contribution < 1.29 is 4.42 Å². The average molecular weight is 302 g/mol. The molecule has 1 fully saturated rings. The van der Waals surface area contributed by atoms with E-state index in [1.807, 2.05) is 12.1 Å². The van der Waals surface area contributed by atoms with Crippen LogP contribution in [-0.2, 0) is 6.42 Å². The van der Waals surface area contributed by atoms with Gasteiger partial charge in [-0.15, -0.1) is 0 Å². The minimum absolute atomic E-state index is 0.656. The Morgan fingerprint density at radius 1 is 1.41 bits per heavy atom. The SMILES string of the molecule is CCNC(=NCCc1ccco1)N1CCC(N2CC=CC2)C1. The summed E-state index contributed by atoms with van der Waals surface area (Å²) in [5.74, 6) is 2.05. The standard InChI is InChI=1S/C17H26N4O/c1-2-18-17(19-9-7-16-6-5-13-22-16)21-12-8-15(14-21)20-10-3-4-11-20/h3-6,13,15H,2,7-12,14H2,1H3,(H,18,19). The van der Waals surface area contributed by atoms with Crippen molar-refractivity contribution in [3.8, 4) is 0 Å². The molecule has 0 radical (unpaired) electrons. The van der Waals surface area contributed by atoms with Crippen LogP contribution in [0.5, 0.6) is 0 Å². The molecule has 120 valence electrons. The Hall–Kier alpha value is -1.75. The van der Waals surface area contributed by atoms with E-state index in [2.05, 4.69) is 34.2 Å². The van der Waals surface area contributed by atoms with Crippen LogP contribution in [0.1, 0.15) is 19.1 Å². The second kappa shape index (κ2) is 7.49. The number of aliphatic imine (C=N–C) groups is 1. The first-order valence-electron chi connectivity index (χ1n) is 8.31. The Balaban J connectivity index is 1.54. The molecule has 0 aliphatic carbocycles. The van der Waals surface area contributed by atoms with Crippen molar-refractivity contribution in [2.45, 2.75) is 25.8 Å². The van der Waals surface area contributed by atoms with Gasteiger partial charge in [-0.3, -0.25) is 9.89 Å². The van der Waals surface area contributed by atoms with Gasteiger partial charge in [0.15, 0.2) is 5.96 Å². The van der Waals surface area contributed by atoms with E-state index < -0.39 is 0 Å². The van der Waals surface area contributed by atoms with Crippen molar-refractivity contribution in [2.24, 2.45) is 4.99 Å². The highest BCUT2D eigenvalue weighted by Gasteiger charge is 2.29. The molecule has 3 rings (SSSR count). The lowest BCUT2D eigenvalue weighted by atomic mass is 10.2. The van der Waals surface area contributed by atoms with E-state index in [0.29, 0.717) is 6.04 Å². The first kappa shape index (κ1) is 15.2. The van der Waals surface area contributed by atoms with Gasteiger partial charge in [-0.25, -0.2) is 0 Å². The molecule has 1 aromatic heterocycles. The van der Waals surface area contributed by atoms with Crippen LogP contribution in [0.15, 0.2) is 40.0 Å². The van der Waals surface area contributed by atoms with Crippen LogP contribution in [0.25, 0.3) is 0 Å². The monoisotopic (exact) mass is 302 g/mol. The van der Waals surface area contributed by atoms with Gasteiger partial charge >= 0.3 is 0 Å². The maximum absolute atomic E-state index is 5.37. The van der Waals surface area contributed by atoms with E-state index in [-0.39, 0.29) is 0 Å². The summed E-state index contributed by atoms with van der Waals surface area (Å²) in [7, 11) is 0. The Kier molecular flexibility index (Phi) is 5.16. The number of guanidine groups is 1. The van der Waals surface area contributed by atoms with E-state index in [0.717, 1.165) is 57.4 Å². The van der Waals surface area contributed by atoms with Gasteiger partial charge in [0.1, 0.15) is 5.76 Å². The smallest absolute Gasteiger partial charge is 0.193 e. The Morgan fingerprint density at radius 2 is 2.27 bits per heavy atom. The second-order valence-electron chi connectivity index (χ2n) is 5.88. The fourth-order valence-electron chi connectivity index (χ4n) is 3.18. The molecule has 3 heterocycles. The zero-order chi connectivity index (χ0) is 15.2. The molecule has 1 N–H and O–H groups in total. The van der Waals surface area contributed by atoms with E-state index in [1.165, 1.54) is 6.42 Å². The summed E-state index contributed by atoms with van der Waals surface area (Å²) in [6.45, 7) is 8.17. The lowest BCUT2D eigenvalue weighted by molar-refractivity contribution is 0.259. The number of nitrogens with zero attached hydrogens (tertiary/aromatic N) is 3. The molecule has 5 heteroatoms. The molecule has 22 heavy (non-hydrogen) atoms. The zero-order valence-electron chi connectivity index (χ0n) is 13.4. The summed E-state index contributed by atoms with van der Waals surface area (Å²) < 4.78 is 5.37. The van der Waals surface area contributed by atoms with Crippen LogP contribution in [0.2, 0.25) is 0 Å². The number of rotatable bonds is 5. The molecule has 0 spiro atoms. The van der Waals surface area contributed by atoms with Gasteiger partial charge in [0.05, 0.1) is 6.26 Å². The second-order valence-corrected chi connectivity index (χ2v) is 5.88. The number of nitrogens with one attached hydrogen (secondary N) is 1. The molecule has 1 aromatic rings. The topological polar surface area (TPSA) is 44.0 Å². The predicted octanol–water partition coefficient (Wildman–Crippen LogP) is 1.73. The third-order valence-electron chi connectivity index (χ3n) is 4.36. The quantitative estimate of drug-likeness (QED) is 0.511. The minimum atomic E-state index is 0.656. The third-order valence-corrected chi connectivity index (χ3v) is 4.36. The van der Waals surface area contributed by atoms with Crippen LogP contribution < -0.4 is 5.32 Å². The van der Waals surface area contributed by atoms with E-state index >= 15 is 0 Å². The summed E-state index contributed by atoms with van der Waals surface area (Å²) in [4.78, 5) is 9.71. The van der Waals surface area contributed by atoms with Gasteiger partial charge in [-0.05, 0) is 25.5 Å². The number of likely N-dealkylation sites (tertiary alicyclic amines) is 1. The van der Waals surface area contributed by atoms with Crippen molar-refractivity contribution in [3.63, 3.8) is 0 Å². The van der Waals surface area contributed by atoms with Crippen molar-refractivity contribution in [1.82, 2.24) is 15.1 Å². The van der Waals surface area contributed by atoms with Crippen molar-refractivity contribution in [2.75, 3.05) is 39.3 Å². The number of furan rings is 1. The molecule has 5 nitrogen and oxygen atoms in total. The lowest BCUT2D eigenvalue weighted by Gasteiger charge is -2.25. The molecular weight excluding hydrogens is 276 g/mol. The first-order valence-corrected chi connectivity index (χ1v) is 8.31. The van der Waals surface area contributed by atoms with Gasteiger partial charge in [-0.1, -0.05) is 12.2 Å². The van der Waals surface area contributed by atoms with Gasteiger partial charge in [0.2, 0.25) is 0 Å². The van der Waals surface area contributed by atoms with E-state index in [4.69, 9.17) is 9.41 Å². The lowest BCUT2D eigenvalue weighted by Crippen LogP contribution is -2.43. The van der Waals surface area contributed by atoms with Crippen molar-refractivity contribution in [1.29, 1.82) is 0 Å². The van der Waals surface area contributed by atoms with Crippen molar-refractivity contribution in [3.05, 3.63) is 36.3 Å². The Bertz CT molecular complexity index is 501. The molecule has 0 amide bonds. The minimum Gasteiger partial charge on any atom is -0.469 e. The summed E-state index contributed by atoms with van der Waals surface area (Å²) in [5.41, 5.74) is 0. The van der Waals surface area contributed by atoms with Gasteiger partial charge in [0.25, 0.3) is 0 Å². The Morgan fingerprint density at radius 3 is 3.00 bits per heavy atom. The molecular formula is C17H26N4O. The summed E-state index contributed by atoms with van der Waals surface area (Å²) >= 11 is 0. The number of hydrogen-bond acceptors (Lipinski definition) is 3. The summed E-state index contributed by atoms with van der Waals surface area (Å²) in [6, 6.07) is 4.60. The van der Waals surface area contributed by atoms with E-state index in [9.17, 15) is 0 Å². The molecule has 2 aliphatic heterocycles. The average Bonchev–Trinajstić information content (AvgIpc) is 3.27. The van der Waals surface area contributed by atoms with E-state index in [1.54, 1.807) is 6.26 Å². The molecule has 0 bridgehead atoms. The highest BCUT2D eigenvalue weighted by molar-refractivity contribution is 5.80.